The van der Waals surface area contributed by atoms with Gasteiger partial charge in [-0.15, -0.1) is 0 Å². The van der Waals surface area contributed by atoms with Gasteiger partial charge in [-0.2, -0.15) is 0 Å². The topological polar surface area (TPSA) is 62.3 Å². The smallest absolute Gasteiger partial charge is 0.231 e. The molecular weight excluding hydrogens is 266 g/mol. The van der Waals surface area contributed by atoms with Gasteiger partial charge in [-0.1, -0.05) is 6.42 Å². The maximum absolute atomic E-state index is 5.63. The number of nitrogens with two attached hydrogens (primary N) is 1. The van der Waals surface area contributed by atoms with Gasteiger partial charge in [0.05, 0.1) is 11.0 Å². The molecule has 4 rings (SSSR count). The second kappa shape index (κ2) is 5.22. The minimum atomic E-state index is 0.310. The molecule has 2 N–H and O–H groups in total. The van der Waals surface area contributed by atoms with Crippen LogP contribution in [0.1, 0.15) is 43.8 Å². The summed E-state index contributed by atoms with van der Waals surface area (Å²) in [5, 5.41) is 0. The Kier molecular flexibility index (Phi) is 3.22. The van der Waals surface area contributed by atoms with Gasteiger partial charge in [-0.3, -0.25) is 0 Å². The Morgan fingerprint density at radius 2 is 2.00 bits per heavy atom. The average Bonchev–Trinajstić information content (AvgIpc) is 2.99. The molecule has 0 amide bonds. The van der Waals surface area contributed by atoms with Crippen molar-refractivity contribution >= 4 is 11.0 Å². The zero-order valence-corrected chi connectivity index (χ0v) is 12.2. The molecule has 0 radical (unpaired) electrons. The van der Waals surface area contributed by atoms with E-state index >= 15 is 0 Å². The molecule has 2 aliphatic rings. The summed E-state index contributed by atoms with van der Waals surface area (Å²) >= 11 is 0. The number of ether oxygens (including phenoxy) is 2. The van der Waals surface area contributed by atoms with Crippen LogP contribution in [0.4, 0.5) is 0 Å². The first-order valence-corrected chi connectivity index (χ1v) is 7.86. The Hall–Kier alpha value is -1.75. The summed E-state index contributed by atoms with van der Waals surface area (Å²) in [6, 6.07) is 4.09. The number of rotatable bonds is 5. The van der Waals surface area contributed by atoms with E-state index in [1.54, 1.807) is 0 Å². The first-order valence-electron chi connectivity index (χ1n) is 7.86. The van der Waals surface area contributed by atoms with Crippen molar-refractivity contribution < 1.29 is 9.47 Å². The van der Waals surface area contributed by atoms with Crippen molar-refractivity contribution in [2.45, 2.75) is 44.6 Å². The minimum absolute atomic E-state index is 0.310. The highest BCUT2D eigenvalue weighted by Gasteiger charge is 2.27. The number of hydrogen-bond donors (Lipinski definition) is 1. The van der Waals surface area contributed by atoms with E-state index in [1.807, 2.05) is 6.07 Å². The van der Waals surface area contributed by atoms with E-state index in [1.165, 1.54) is 25.1 Å². The molecule has 0 atom stereocenters. The van der Waals surface area contributed by atoms with Gasteiger partial charge in [0.1, 0.15) is 5.82 Å². The van der Waals surface area contributed by atoms with Crippen LogP contribution in [0.25, 0.3) is 11.0 Å². The molecule has 1 aromatic carbocycles. The number of nitrogens with zero attached hydrogens (tertiary/aromatic N) is 2. The number of aryl methyl sites for hydroxylation is 1. The summed E-state index contributed by atoms with van der Waals surface area (Å²) < 4.78 is 13.4. The van der Waals surface area contributed by atoms with Crippen LogP contribution < -0.4 is 15.2 Å². The predicted molar refractivity (Wildman–Crippen MR) is 80.7 cm³/mol. The fourth-order valence-corrected chi connectivity index (χ4v) is 3.16. The van der Waals surface area contributed by atoms with Gasteiger partial charge in [0.15, 0.2) is 11.5 Å². The number of hydrogen-bond acceptors (Lipinski definition) is 4. The Morgan fingerprint density at radius 3 is 2.71 bits per heavy atom. The van der Waals surface area contributed by atoms with Crippen LogP contribution in [0, 0.1) is 0 Å². The number of benzene rings is 1. The first kappa shape index (κ1) is 13.0. The Balaban J connectivity index is 1.76. The van der Waals surface area contributed by atoms with Crippen LogP contribution in [0.5, 0.6) is 11.5 Å². The first-order chi connectivity index (χ1) is 10.4. The van der Waals surface area contributed by atoms with E-state index in [0.717, 1.165) is 48.5 Å². The van der Waals surface area contributed by atoms with Crippen molar-refractivity contribution in [1.29, 1.82) is 0 Å². The lowest BCUT2D eigenvalue weighted by Gasteiger charge is -2.25. The molecule has 1 fully saturated rings. The molecule has 2 aromatic rings. The minimum Gasteiger partial charge on any atom is -0.454 e. The third-order valence-electron chi connectivity index (χ3n) is 4.58. The third kappa shape index (κ3) is 2.16. The second-order valence-electron chi connectivity index (χ2n) is 5.94. The molecule has 2 heterocycles. The lowest BCUT2D eigenvalue weighted by atomic mass is 9.85. The third-order valence-corrected chi connectivity index (χ3v) is 4.58. The largest absolute Gasteiger partial charge is 0.454 e. The molecule has 0 spiro atoms. The Bertz CT molecular complexity index is 661. The molecule has 0 saturated heterocycles. The van der Waals surface area contributed by atoms with Gasteiger partial charge in [-0.25, -0.2) is 4.98 Å². The number of aromatic nitrogens is 2. The molecule has 5 nitrogen and oxygen atoms in total. The highest BCUT2D eigenvalue weighted by atomic mass is 16.7. The standard InChI is InChI=1S/C16H21N3O2/c17-6-1-2-7-19-13-9-15-14(20-10-21-15)8-12(13)18-16(19)11-4-3-5-11/h8-9,11H,1-7,10,17H2. The summed E-state index contributed by atoms with van der Waals surface area (Å²) in [5.41, 5.74) is 7.82. The predicted octanol–water partition coefficient (Wildman–Crippen LogP) is 2.77. The molecule has 21 heavy (non-hydrogen) atoms. The van der Waals surface area contributed by atoms with E-state index in [0.29, 0.717) is 12.7 Å². The highest BCUT2D eigenvalue weighted by Crippen LogP contribution is 2.40. The summed E-state index contributed by atoms with van der Waals surface area (Å²) in [6.45, 7) is 2.04. The Labute approximate surface area is 124 Å². The van der Waals surface area contributed by atoms with Crippen LogP contribution in [0.3, 0.4) is 0 Å². The van der Waals surface area contributed by atoms with Gasteiger partial charge < -0.3 is 19.8 Å². The van der Waals surface area contributed by atoms with Crippen LogP contribution >= 0.6 is 0 Å². The molecule has 0 unspecified atom stereocenters. The van der Waals surface area contributed by atoms with E-state index in [2.05, 4.69) is 10.6 Å². The van der Waals surface area contributed by atoms with Gasteiger partial charge in [0.2, 0.25) is 6.79 Å². The van der Waals surface area contributed by atoms with Gasteiger partial charge in [0, 0.05) is 24.6 Å². The molecule has 1 saturated carbocycles. The van der Waals surface area contributed by atoms with Crippen molar-refractivity contribution in [2.75, 3.05) is 13.3 Å². The molecule has 1 aromatic heterocycles. The van der Waals surface area contributed by atoms with Crippen molar-refractivity contribution in [2.24, 2.45) is 5.73 Å². The van der Waals surface area contributed by atoms with Crippen molar-refractivity contribution in [1.82, 2.24) is 9.55 Å². The quantitative estimate of drug-likeness (QED) is 0.859. The number of imidazole rings is 1. The van der Waals surface area contributed by atoms with Gasteiger partial charge in [-0.05, 0) is 32.2 Å². The zero-order valence-electron chi connectivity index (χ0n) is 12.2. The normalized spacial score (nSPS) is 17.4. The van der Waals surface area contributed by atoms with E-state index in [-0.39, 0.29) is 0 Å². The average molecular weight is 287 g/mol. The number of fused-ring (bicyclic) bond motifs is 2. The second-order valence-corrected chi connectivity index (χ2v) is 5.94. The highest BCUT2D eigenvalue weighted by molar-refractivity contribution is 5.81. The molecule has 1 aliphatic heterocycles. The van der Waals surface area contributed by atoms with E-state index < -0.39 is 0 Å². The Morgan fingerprint density at radius 1 is 1.19 bits per heavy atom. The summed E-state index contributed by atoms with van der Waals surface area (Å²) in [5.74, 6) is 3.50. The zero-order chi connectivity index (χ0) is 14.2. The molecular formula is C16H21N3O2. The SMILES string of the molecule is NCCCCn1c(C2CCC2)nc2cc3c(cc21)OCO3. The summed E-state index contributed by atoms with van der Waals surface area (Å²) in [4.78, 5) is 4.89. The van der Waals surface area contributed by atoms with Crippen LogP contribution in [-0.2, 0) is 6.54 Å². The van der Waals surface area contributed by atoms with Crippen molar-refractivity contribution in [3.63, 3.8) is 0 Å². The van der Waals surface area contributed by atoms with Crippen molar-refractivity contribution in [3.05, 3.63) is 18.0 Å². The van der Waals surface area contributed by atoms with E-state index in [9.17, 15) is 0 Å². The summed E-state index contributed by atoms with van der Waals surface area (Å²) in [6.07, 6.45) is 5.98. The molecule has 5 heteroatoms. The lowest BCUT2D eigenvalue weighted by Crippen LogP contribution is -2.16. The number of unbranched alkanes of at least 4 members (excludes halogenated alkanes) is 1. The fourth-order valence-electron chi connectivity index (χ4n) is 3.16. The van der Waals surface area contributed by atoms with Crippen LogP contribution in [-0.4, -0.2) is 22.9 Å². The van der Waals surface area contributed by atoms with Gasteiger partial charge >= 0.3 is 0 Å². The monoisotopic (exact) mass is 287 g/mol. The molecule has 112 valence electrons. The van der Waals surface area contributed by atoms with Crippen molar-refractivity contribution in [3.8, 4) is 11.5 Å². The molecule has 0 bridgehead atoms. The lowest BCUT2D eigenvalue weighted by molar-refractivity contribution is 0.174. The van der Waals surface area contributed by atoms with E-state index in [4.69, 9.17) is 20.2 Å². The van der Waals surface area contributed by atoms with Crippen LogP contribution in [0.15, 0.2) is 12.1 Å². The van der Waals surface area contributed by atoms with Gasteiger partial charge in [0.25, 0.3) is 0 Å². The van der Waals surface area contributed by atoms with Crippen LogP contribution in [0.2, 0.25) is 0 Å². The summed E-state index contributed by atoms with van der Waals surface area (Å²) in [7, 11) is 0. The maximum Gasteiger partial charge on any atom is 0.231 e. The fraction of sp³-hybridized carbons (Fsp3) is 0.562. The maximum atomic E-state index is 5.63. The molecule has 1 aliphatic carbocycles.